The van der Waals surface area contributed by atoms with E-state index < -0.39 is 0 Å². The molecule has 0 aromatic rings. The van der Waals surface area contributed by atoms with Crippen molar-refractivity contribution < 1.29 is 37.4 Å². The first-order valence-electron chi connectivity index (χ1n) is 3.77. The van der Waals surface area contributed by atoms with E-state index in [1.165, 1.54) is 0 Å². The standard InChI is InChI=1S/C7H12N3O.Y/c1-5-6(2)11-4-3-7(5)9-10-8;/h4-7H,3H2,1-2H3;/q-1;/t5-,6?,7+;/m0./s1. The summed E-state index contributed by atoms with van der Waals surface area (Å²) in [6, 6.07) is 0.0729. The van der Waals surface area contributed by atoms with Crippen LogP contribution in [0.5, 0.6) is 0 Å². The van der Waals surface area contributed by atoms with Crippen LogP contribution in [-0.4, -0.2) is 12.1 Å². The van der Waals surface area contributed by atoms with Crippen molar-refractivity contribution in [2.45, 2.75) is 32.4 Å². The van der Waals surface area contributed by atoms with E-state index in [0.717, 1.165) is 6.42 Å². The van der Waals surface area contributed by atoms with E-state index in [9.17, 15) is 0 Å². The van der Waals surface area contributed by atoms with Crippen LogP contribution in [-0.2, 0) is 37.4 Å². The Bertz CT molecular complexity index is 181. The molecule has 0 amide bonds. The van der Waals surface area contributed by atoms with Crippen LogP contribution < -0.4 is 0 Å². The Morgan fingerprint density at radius 1 is 1.58 bits per heavy atom. The largest absolute Gasteiger partial charge is 0.550 e. The van der Waals surface area contributed by atoms with E-state index in [2.05, 4.69) is 10.0 Å². The first-order chi connectivity index (χ1) is 5.25. The smallest absolute Gasteiger partial charge is 0.0230 e. The third kappa shape index (κ3) is 3.02. The van der Waals surface area contributed by atoms with Crippen molar-refractivity contribution in [2.75, 3.05) is 0 Å². The Hall–Kier alpha value is 0.374. The minimum Gasteiger partial charge on any atom is -0.550 e. The molecule has 1 radical (unpaired) electrons. The monoisotopic (exact) mass is 243 g/mol. The van der Waals surface area contributed by atoms with Gasteiger partial charge in [-0.15, -0.1) is 6.42 Å². The Morgan fingerprint density at radius 3 is 2.83 bits per heavy atom. The van der Waals surface area contributed by atoms with E-state index in [-0.39, 0.29) is 44.9 Å². The summed E-state index contributed by atoms with van der Waals surface area (Å²) in [5.41, 5.74) is 8.23. The number of hydrogen-bond donors (Lipinski definition) is 0. The van der Waals surface area contributed by atoms with Gasteiger partial charge in [0, 0.05) is 49.8 Å². The van der Waals surface area contributed by atoms with Gasteiger partial charge in [0.1, 0.15) is 0 Å². The SMILES string of the molecule is CC1O[CH-]C[C@@H](N=[N+]=[N-])[C@H]1C.[Y]. The zero-order valence-corrected chi connectivity index (χ0v) is 10.2. The molecule has 3 atom stereocenters. The molecule has 1 saturated heterocycles. The average molecular weight is 243 g/mol. The third-order valence-corrected chi connectivity index (χ3v) is 2.20. The van der Waals surface area contributed by atoms with Crippen LogP contribution in [0, 0.1) is 12.5 Å². The molecule has 0 N–H and O–H groups in total. The maximum atomic E-state index is 8.23. The molecule has 1 rings (SSSR count). The predicted octanol–water partition coefficient (Wildman–Crippen LogP) is 2.27. The zero-order chi connectivity index (χ0) is 8.27. The van der Waals surface area contributed by atoms with Crippen molar-refractivity contribution in [3.63, 3.8) is 0 Å². The number of rotatable bonds is 1. The van der Waals surface area contributed by atoms with Crippen molar-refractivity contribution in [2.24, 2.45) is 11.0 Å². The van der Waals surface area contributed by atoms with Gasteiger partial charge in [0.05, 0.1) is 0 Å². The maximum Gasteiger partial charge on any atom is 0.0230 e. The summed E-state index contributed by atoms with van der Waals surface area (Å²) < 4.78 is 5.26. The van der Waals surface area contributed by atoms with Crippen LogP contribution in [0.2, 0.25) is 0 Å². The summed E-state index contributed by atoms with van der Waals surface area (Å²) in [6.45, 7) is 5.75. The van der Waals surface area contributed by atoms with Gasteiger partial charge >= 0.3 is 0 Å². The maximum absolute atomic E-state index is 8.23. The van der Waals surface area contributed by atoms with Crippen LogP contribution in [0.3, 0.4) is 0 Å². The molecule has 1 heterocycles. The molecule has 0 aliphatic carbocycles. The van der Waals surface area contributed by atoms with Crippen LogP contribution >= 0.6 is 0 Å². The Kier molecular flexibility index (Phi) is 6.11. The van der Waals surface area contributed by atoms with Crippen molar-refractivity contribution >= 4 is 0 Å². The molecule has 1 aliphatic heterocycles. The predicted molar refractivity (Wildman–Crippen MR) is 41.6 cm³/mol. The number of ether oxygens (including phenoxy) is 1. The fraction of sp³-hybridized carbons (Fsp3) is 0.857. The average Bonchev–Trinajstić information content (AvgIpc) is 1.99. The van der Waals surface area contributed by atoms with Crippen LogP contribution in [0.1, 0.15) is 20.3 Å². The topological polar surface area (TPSA) is 58.0 Å². The Morgan fingerprint density at radius 2 is 2.25 bits per heavy atom. The summed E-state index contributed by atoms with van der Waals surface area (Å²) >= 11 is 0. The van der Waals surface area contributed by atoms with E-state index in [1.807, 2.05) is 13.8 Å². The fourth-order valence-electron chi connectivity index (χ4n) is 1.18. The van der Waals surface area contributed by atoms with E-state index in [1.54, 1.807) is 6.61 Å². The van der Waals surface area contributed by atoms with Gasteiger partial charge in [-0.25, -0.2) is 6.61 Å². The van der Waals surface area contributed by atoms with Gasteiger partial charge in [-0.3, -0.25) is 0 Å². The van der Waals surface area contributed by atoms with E-state index >= 15 is 0 Å². The minimum atomic E-state index is 0. The number of azide groups is 1. The molecule has 65 valence electrons. The molecular formula is C7H12N3OY-. The molecule has 0 aromatic carbocycles. The first-order valence-corrected chi connectivity index (χ1v) is 3.77. The van der Waals surface area contributed by atoms with Gasteiger partial charge < -0.3 is 4.74 Å². The van der Waals surface area contributed by atoms with Crippen LogP contribution in [0.25, 0.3) is 10.4 Å². The summed E-state index contributed by atoms with van der Waals surface area (Å²) in [5.74, 6) is 0.316. The van der Waals surface area contributed by atoms with E-state index in [4.69, 9.17) is 10.3 Å². The fourth-order valence-corrected chi connectivity index (χ4v) is 1.18. The Labute approximate surface area is 97.6 Å². The summed E-state index contributed by atoms with van der Waals surface area (Å²) in [7, 11) is 0. The number of nitrogens with zero attached hydrogens (tertiary/aromatic N) is 3. The van der Waals surface area contributed by atoms with Gasteiger partial charge in [0.25, 0.3) is 0 Å². The third-order valence-electron chi connectivity index (χ3n) is 2.20. The van der Waals surface area contributed by atoms with Crippen molar-refractivity contribution in [1.82, 2.24) is 0 Å². The first kappa shape index (κ1) is 12.4. The minimum absolute atomic E-state index is 0. The normalized spacial score (nSPS) is 34.7. The quantitative estimate of drug-likeness (QED) is 0.301. The van der Waals surface area contributed by atoms with Gasteiger partial charge in [0.15, 0.2) is 0 Å². The molecule has 1 aliphatic rings. The molecule has 5 heteroatoms. The molecule has 4 nitrogen and oxygen atoms in total. The van der Waals surface area contributed by atoms with E-state index in [0.29, 0.717) is 5.92 Å². The molecule has 0 aromatic heterocycles. The molecule has 0 saturated carbocycles. The molecule has 1 fully saturated rings. The second-order valence-corrected chi connectivity index (χ2v) is 2.87. The second-order valence-electron chi connectivity index (χ2n) is 2.87. The molecular weight excluding hydrogens is 231 g/mol. The molecule has 1 unspecified atom stereocenters. The number of hydrogen-bond acceptors (Lipinski definition) is 2. The van der Waals surface area contributed by atoms with Crippen molar-refractivity contribution in [3.05, 3.63) is 17.0 Å². The van der Waals surface area contributed by atoms with Gasteiger partial charge in [0.2, 0.25) is 0 Å². The second kappa shape index (κ2) is 5.92. The van der Waals surface area contributed by atoms with Crippen LogP contribution in [0.15, 0.2) is 5.11 Å². The van der Waals surface area contributed by atoms with Crippen molar-refractivity contribution in [1.29, 1.82) is 0 Å². The molecule has 12 heavy (non-hydrogen) atoms. The van der Waals surface area contributed by atoms with Crippen LogP contribution in [0.4, 0.5) is 0 Å². The Balaban J connectivity index is 0.00000121. The molecule has 0 spiro atoms. The van der Waals surface area contributed by atoms with Gasteiger partial charge in [-0.05, 0) is 18.4 Å². The molecule has 0 bridgehead atoms. The zero-order valence-electron chi connectivity index (χ0n) is 7.34. The van der Waals surface area contributed by atoms with Crippen molar-refractivity contribution in [3.8, 4) is 0 Å². The summed E-state index contributed by atoms with van der Waals surface area (Å²) in [5, 5.41) is 3.68. The van der Waals surface area contributed by atoms with Gasteiger partial charge in [-0.1, -0.05) is 12.0 Å². The summed E-state index contributed by atoms with van der Waals surface area (Å²) in [6.07, 6.45) is 0.898. The van der Waals surface area contributed by atoms with Gasteiger partial charge in [-0.2, -0.15) is 0 Å². The summed E-state index contributed by atoms with van der Waals surface area (Å²) in [4.78, 5) is 2.79.